The number of fused-ring (bicyclic) bond motifs is 1. The molecule has 1 fully saturated rings. The van der Waals surface area contributed by atoms with Gasteiger partial charge in [-0.05, 0) is 49.5 Å². The van der Waals surface area contributed by atoms with E-state index in [1.165, 1.54) is 11.1 Å². The van der Waals surface area contributed by atoms with Gasteiger partial charge < -0.3 is 5.11 Å². The topological polar surface area (TPSA) is 40.8 Å². The van der Waals surface area contributed by atoms with E-state index in [2.05, 4.69) is 22.1 Å². The summed E-state index contributed by atoms with van der Waals surface area (Å²) in [6, 6.07) is 16.2. The molecule has 3 aromatic rings. The van der Waals surface area contributed by atoms with E-state index in [1.807, 2.05) is 53.3 Å². The molecule has 1 saturated heterocycles. The lowest BCUT2D eigenvalue weighted by Gasteiger charge is -2.34. The number of likely N-dealkylation sites (tertiary alicyclic amines) is 1. The summed E-state index contributed by atoms with van der Waals surface area (Å²) >= 11 is 0. The Balaban J connectivity index is 1.38. The van der Waals surface area contributed by atoms with Gasteiger partial charge in [0.25, 0.3) is 0 Å². The molecular weight excluding hydrogens is 298 g/mol. The average molecular weight is 321 g/mol. The van der Waals surface area contributed by atoms with Crippen molar-refractivity contribution in [3.8, 4) is 0 Å². The van der Waals surface area contributed by atoms with Gasteiger partial charge in [0.05, 0.1) is 17.8 Å². The van der Waals surface area contributed by atoms with Gasteiger partial charge in [-0.25, -0.2) is 4.52 Å². The van der Waals surface area contributed by atoms with E-state index in [0.717, 1.165) is 38.0 Å². The van der Waals surface area contributed by atoms with Gasteiger partial charge in [0.2, 0.25) is 0 Å². The van der Waals surface area contributed by atoms with E-state index in [4.69, 9.17) is 0 Å². The Morgan fingerprint density at radius 2 is 1.79 bits per heavy atom. The molecule has 124 valence electrons. The Kier molecular flexibility index (Phi) is 4.32. The molecule has 1 aromatic carbocycles. The number of hydrogen-bond donors (Lipinski definition) is 1. The third kappa shape index (κ3) is 3.07. The predicted molar refractivity (Wildman–Crippen MR) is 94.6 cm³/mol. The molecule has 4 nitrogen and oxygen atoms in total. The van der Waals surface area contributed by atoms with Gasteiger partial charge in [-0.15, -0.1) is 0 Å². The third-order valence-electron chi connectivity index (χ3n) is 5.12. The monoisotopic (exact) mass is 321 g/mol. The standard InChI is InChI=1S/C20H23N3O/c24-20(16-6-2-1-3-7-16)17-9-12-22(13-10-17)15-18-14-21-23-11-5-4-8-19(18)23/h1-8,11,14,17,20,24H,9-10,12-13,15H2/t20-/m0/s1. The Morgan fingerprint density at radius 1 is 1.04 bits per heavy atom. The summed E-state index contributed by atoms with van der Waals surface area (Å²) in [5.41, 5.74) is 3.50. The molecule has 0 aliphatic carbocycles. The van der Waals surface area contributed by atoms with Gasteiger partial charge in [0.1, 0.15) is 0 Å². The second-order valence-corrected chi connectivity index (χ2v) is 6.67. The van der Waals surface area contributed by atoms with Crippen molar-refractivity contribution >= 4 is 5.52 Å². The maximum atomic E-state index is 10.6. The van der Waals surface area contributed by atoms with Gasteiger partial charge in [0.15, 0.2) is 0 Å². The summed E-state index contributed by atoms with van der Waals surface area (Å²) in [5, 5.41) is 15.0. The number of rotatable bonds is 4. The molecule has 1 aliphatic rings. The van der Waals surface area contributed by atoms with Crippen LogP contribution in [0.3, 0.4) is 0 Å². The highest BCUT2D eigenvalue weighted by molar-refractivity contribution is 5.53. The van der Waals surface area contributed by atoms with Crippen molar-refractivity contribution in [2.45, 2.75) is 25.5 Å². The molecular formula is C20H23N3O. The second-order valence-electron chi connectivity index (χ2n) is 6.67. The molecule has 4 heteroatoms. The molecule has 0 radical (unpaired) electrons. The number of benzene rings is 1. The van der Waals surface area contributed by atoms with Gasteiger partial charge in [-0.1, -0.05) is 36.4 Å². The predicted octanol–water partition coefficient (Wildman–Crippen LogP) is 3.28. The fourth-order valence-electron chi connectivity index (χ4n) is 3.70. The van der Waals surface area contributed by atoms with Crippen molar-refractivity contribution in [2.24, 2.45) is 5.92 Å². The van der Waals surface area contributed by atoms with Crippen LogP contribution in [-0.4, -0.2) is 32.7 Å². The van der Waals surface area contributed by atoms with Crippen LogP contribution in [0, 0.1) is 5.92 Å². The number of aliphatic hydroxyl groups excluding tert-OH is 1. The van der Waals surface area contributed by atoms with Crippen molar-refractivity contribution in [3.05, 3.63) is 72.1 Å². The van der Waals surface area contributed by atoms with Crippen molar-refractivity contribution in [1.82, 2.24) is 14.5 Å². The van der Waals surface area contributed by atoms with Crippen molar-refractivity contribution in [2.75, 3.05) is 13.1 Å². The number of aromatic nitrogens is 2. The molecule has 0 amide bonds. The van der Waals surface area contributed by atoms with E-state index in [0.29, 0.717) is 5.92 Å². The van der Waals surface area contributed by atoms with E-state index in [1.54, 1.807) is 0 Å². The first-order valence-electron chi connectivity index (χ1n) is 8.68. The normalized spacial score (nSPS) is 18.0. The first-order chi connectivity index (χ1) is 11.8. The molecule has 24 heavy (non-hydrogen) atoms. The summed E-state index contributed by atoms with van der Waals surface area (Å²) in [5.74, 6) is 0.354. The van der Waals surface area contributed by atoms with Crippen LogP contribution < -0.4 is 0 Å². The van der Waals surface area contributed by atoms with E-state index < -0.39 is 0 Å². The molecule has 1 N–H and O–H groups in total. The van der Waals surface area contributed by atoms with Crippen molar-refractivity contribution in [3.63, 3.8) is 0 Å². The zero-order valence-electron chi connectivity index (χ0n) is 13.8. The average Bonchev–Trinajstić information content (AvgIpc) is 3.06. The zero-order valence-corrected chi connectivity index (χ0v) is 13.8. The minimum atomic E-state index is -0.342. The van der Waals surface area contributed by atoms with Crippen molar-refractivity contribution in [1.29, 1.82) is 0 Å². The minimum absolute atomic E-state index is 0.342. The molecule has 0 unspecified atom stereocenters. The highest BCUT2D eigenvalue weighted by Gasteiger charge is 2.26. The van der Waals surface area contributed by atoms with Gasteiger partial charge in [-0.3, -0.25) is 4.90 Å². The molecule has 0 saturated carbocycles. The number of aliphatic hydroxyl groups is 1. The first kappa shape index (κ1) is 15.4. The summed E-state index contributed by atoms with van der Waals surface area (Å²) in [7, 11) is 0. The molecule has 2 aromatic heterocycles. The smallest absolute Gasteiger partial charge is 0.0819 e. The van der Waals surface area contributed by atoms with Crippen molar-refractivity contribution < 1.29 is 5.11 Å². The van der Waals surface area contributed by atoms with Gasteiger partial charge in [-0.2, -0.15) is 5.10 Å². The number of hydrogen-bond acceptors (Lipinski definition) is 3. The maximum Gasteiger partial charge on any atom is 0.0819 e. The Bertz CT molecular complexity index is 791. The minimum Gasteiger partial charge on any atom is -0.388 e. The summed E-state index contributed by atoms with van der Waals surface area (Å²) in [6.07, 6.45) is 5.69. The number of piperidine rings is 1. The van der Waals surface area contributed by atoms with Crippen LogP contribution in [-0.2, 0) is 6.54 Å². The highest BCUT2D eigenvalue weighted by atomic mass is 16.3. The first-order valence-corrected chi connectivity index (χ1v) is 8.68. The van der Waals surface area contributed by atoms with E-state index in [-0.39, 0.29) is 6.10 Å². The molecule has 1 aliphatic heterocycles. The van der Waals surface area contributed by atoms with Crippen LogP contribution in [0.4, 0.5) is 0 Å². The lowest BCUT2D eigenvalue weighted by Crippen LogP contribution is -2.35. The fraction of sp³-hybridized carbons (Fsp3) is 0.350. The summed E-state index contributed by atoms with van der Waals surface area (Å²) in [4.78, 5) is 2.47. The van der Waals surface area contributed by atoms with Crippen LogP contribution in [0.1, 0.15) is 30.1 Å². The highest BCUT2D eigenvalue weighted by Crippen LogP contribution is 2.31. The molecule has 4 rings (SSSR count). The Hall–Kier alpha value is -2.17. The molecule has 0 spiro atoms. The molecule has 0 bridgehead atoms. The maximum absolute atomic E-state index is 10.6. The van der Waals surface area contributed by atoms with Crippen LogP contribution in [0.15, 0.2) is 60.9 Å². The van der Waals surface area contributed by atoms with Crippen LogP contribution >= 0.6 is 0 Å². The largest absolute Gasteiger partial charge is 0.388 e. The van der Waals surface area contributed by atoms with Gasteiger partial charge in [0, 0.05) is 18.3 Å². The van der Waals surface area contributed by atoms with E-state index >= 15 is 0 Å². The Morgan fingerprint density at radius 3 is 2.58 bits per heavy atom. The van der Waals surface area contributed by atoms with Crippen LogP contribution in [0.2, 0.25) is 0 Å². The summed E-state index contributed by atoms with van der Waals surface area (Å²) in [6.45, 7) is 2.99. The number of pyridine rings is 1. The van der Waals surface area contributed by atoms with Gasteiger partial charge >= 0.3 is 0 Å². The SMILES string of the molecule is O[C@@H](c1ccccc1)C1CCN(Cc2cnn3ccccc23)CC1. The van der Waals surface area contributed by atoms with Crippen LogP contribution in [0.5, 0.6) is 0 Å². The molecule has 1 atom stereocenters. The third-order valence-corrected chi connectivity index (χ3v) is 5.12. The zero-order chi connectivity index (χ0) is 16.4. The van der Waals surface area contributed by atoms with E-state index in [9.17, 15) is 5.11 Å². The quantitative estimate of drug-likeness (QED) is 0.802. The lowest BCUT2D eigenvalue weighted by atomic mass is 9.87. The van der Waals surface area contributed by atoms with Crippen LogP contribution in [0.25, 0.3) is 5.52 Å². The lowest BCUT2D eigenvalue weighted by molar-refractivity contribution is 0.0569. The fourth-order valence-corrected chi connectivity index (χ4v) is 3.70. The molecule has 3 heterocycles. The second kappa shape index (κ2) is 6.75. The number of nitrogens with zero attached hydrogens (tertiary/aromatic N) is 3. The Labute approximate surface area is 142 Å². The summed E-state index contributed by atoms with van der Waals surface area (Å²) < 4.78 is 1.93.